The molecular weight excluding hydrogens is 697 g/mol. The van der Waals surface area contributed by atoms with Gasteiger partial charge >= 0.3 is 0 Å². The van der Waals surface area contributed by atoms with E-state index in [2.05, 4.69) is 108 Å². The molecular formula is C52H62N4O. The number of nitrogens with zero attached hydrogens (tertiary/aromatic N) is 2. The molecule has 5 heterocycles. The molecule has 0 spiro atoms. The Morgan fingerprint density at radius 3 is 1.33 bits per heavy atom. The van der Waals surface area contributed by atoms with Crippen LogP contribution < -0.4 is 0 Å². The zero-order valence-electron chi connectivity index (χ0n) is 35.7. The number of aromatic hydroxyl groups is 1. The van der Waals surface area contributed by atoms with E-state index in [1.54, 1.807) is 12.1 Å². The SMILES string of the molecule is CCCCC1=C(C)c2nc1cc1[nH]c(c(C)c1CCCC)c(-c1ccccc1)c1nc(cc3[nH]c(c(C)c3CCCC)c2-c2ccc(O)cc2)C(CCCC)=C1C. The number of benzene rings is 2. The fraction of sp³-hybridized carbons (Fsp3) is 0.385. The predicted octanol–water partition coefficient (Wildman–Crippen LogP) is 14.9. The zero-order valence-corrected chi connectivity index (χ0v) is 35.7. The predicted molar refractivity (Wildman–Crippen MR) is 244 cm³/mol. The lowest BCUT2D eigenvalue weighted by molar-refractivity contribution is 0.475. The lowest BCUT2D eigenvalue weighted by Gasteiger charge is -2.09. The number of rotatable bonds is 14. The van der Waals surface area contributed by atoms with E-state index in [-0.39, 0.29) is 5.75 Å². The first-order chi connectivity index (χ1) is 27.7. The molecule has 2 aliphatic rings. The molecule has 5 nitrogen and oxygen atoms in total. The summed E-state index contributed by atoms with van der Waals surface area (Å²) in [5.41, 5.74) is 23.6. The minimum atomic E-state index is 0.260. The molecule has 2 aromatic carbocycles. The average Bonchev–Trinajstić information content (AvgIpc) is 3.89. The number of aryl methyl sites for hydroxylation is 4. The molecule has 7 rings (SSSR count). The van der Waals surface area contributed by atoms with Crippen molar-refractivity contribution in [3.8, 4) is 28.0 Å². The van der Waals surface area contributed by atoms with Crippen LogP contribution in [0.2, 0.25) is 0 Å². The molecule has 5 aromatic rings. The summed E-state index contributed by atoms with van der Waals surface area (Å²) in [6.45, 7) is 18.3. The van der Waals surface area contributed by atoms with Gasteiger partial charge in [-0.25, -0.2) is 9.97 Å². The normalized spacial score (nSPS) is 13.0. The number of hydrogen-bond acceptors (Lipinski definition) is 3. The largest absolute Gasteiger partial charge is 0.508 e. The van der Waals surface area contributed by atoms with E-state index in [0.717, 1.165) is 133 Å². The van der Waals surface area contributed by atoms with Gasteiger partial charge in [0.25, 0.3) is 0 Å². The molecule has 0 atom stereocenters. The highest BCUT2D eigenvalue weighted by Gasteiger charge is 2.26. The highest BCUT2D eigenvalue weighted by Crippen LogP contribution is 2.44. The van der Waals surface area contributed by atoms with Gasteiger partial charge in [-0.1, -0.05) is 95.8 Å². The van der Waals surface area contributed by atoms with E-state index in [0.29, 0.717) is 0 Å². The van der Waals surface area contributed by atoms with Crippen LogP contribution in [0.5, 0.6) is 5.75 Å². The molecule has 0 fully saturated rings. The Kier molecular flexibility index (Phi) is 12.3. The maximum absolute atomic E-state index is 10.5. The molecule has 0 radical (unpaired) electrons. The molecule has 0 saturated heterocycles. The molecule has 2 aliphatic heterocycles. The Morgan fingerprint density at radius 2 is 0.912 bits per heavy atom. The summed E-state index contributed by atoms with van der Waals surface area (Å²) in [5, 5.41) is 10.5. The summed E-state index contributed by atoms with van der Waals surface area (Å²) >= 11 is 0. The van der Waals surface area contributed by atoms with Crippen molar-refractivity contribution in [1.82, 2.24) is 19.9 Å². The maximum Gasteiger partial charge on any atom is 0.115 e. The molecule has 5 heteroatoms. The third kappa shape index (κ3) is 7.78. The van der Waals surface area contributed by atoms with Crippen LogP contribution in [0.3, 0.4) is 0 Å². The van der Waals surface area contributed by atoms with Gasteiger partial charge in [-0.05, 0) is 159 Å². The molecule has 0 saturated carbocycles. The summed E-state index contributed by atoms with van der Waals surface area (Å²) in [6, 6.07) is 23.3. The lowest BCUT2D eigenvalue weighted by atomic mass is 9.94. The van der Waals surface area contributed by atoms with Crippen molar-refractivity contribution in [3.05, 3.63) is 112 Å². The maximum atomic E-state index is 10.5. The number of allylic oxidation sites excluding steroid dienone is 4. The Morgan fingerprint density at radius 1 is 0.509 bits per heavy atom. The van der Waals surface area contributed by atoms with Gasteiger partial charge in [0, 0.05) is 22.2 Å². The van der Waals surface area contributed by atoms with Crippen molar-refractivity contribution < 1.29 is 5.11 Å². The molecule has 0 aliphatic carbocycles. The Bertz CT molecular complexity index is 2490. The highest BCUT2D eigenvalue weighted by molar-refractivity contribution is 6.03. The molecule has 0 amide bonds. The van der Waals surface area contributed by atoms with E-state index >= 15 is 0 Å². The average molecular weight is 759 g/mol. The molecule has 296 valence electrons. The van der Waals surface area contributed by atoms with Gasteiger partial charge in [-0.15, -0.1) is 0 Å². The third-order valence-corrected chi connectivity index (χ3v) is 12.4. The second kappa shape index (κ2) is 17.5. The van der Waals surface area contributed by atoms with E-state index in [1.807, 2.05) is 12.1 Å². The Labute approximate surface area is 340 Å². The molecule has 57 heavy (non-hydrogen) atoms. The minimum Gasteiger partial charge on any atom is -0.508 e. The van der Waals surface area contributed by atoms with Crippen molar-refractivity contribution in [2.45, 2.75) is 132 Å². The summed E-state index contributed by atoms with van der Waals surface area (Å²) < 4.78 is 0. The van der Waals surface area contributed by atoms with Crippen LogP contribution in [0, 0.1) is 13.8 Å². The number of unbranched alkanes of at least 4 members (excludes halogenated alkanes) is 4. The highest BCUT2D eigenvalue weighted by atomic mass is 16.3. The fourth-order valence-electron chi connectivity index (χ4n) is 8.99. The topological polar surface area (TPSA) is 77.6 Å². The summed E-state index contributed by atoms with van der Waals surface area (Å²) in [5.74, 6) is 0.260. The third-order valence-electron chi connectivity index (χ3n) is 12.4. The summed E-state index contributed by atoms with van der Waals surface area (Å²) in [7, 11) is 0. The summed E-state index contributed by atoms with van der Waals surface area (Å²) in [4.78, 5) is 19.4. The van der Waals surface area contributed by atoms with Crippen molar-refractivity contribution in [3.63, 3.8) is 0 Å². The van der Waals surface area contributed by atoms with Gasteiger partial charge in [0.1, 0.15) is 5.75 Å². The lowest BCUT2D eigenvalue weighted by Crippen LogP contribution is -1.90. The molecule has 3 N–H and O–H groups in total. The first kappa shape index (κ1) is 40.1. The van der Waals surface area contributed by atoms with Gasteiger partial charge in [0.05, 0.1) is 33.8 Å². The number of nitrogens with one attached hydrogen (secondary N) is 2. The van der Waals surface area contributed by atoms with Crippen molar-refractivity contribution in [2.24, 2.45) is 0 Å². The van der Waals surface area contributed by atoms with Gasteiger partial charge in [0.15, 0.2) is 0 Å². The number of aromatic nitrogens is 4. The Hall–Kier alpha value is -5.16. The first-order valence-electron chi connectivity index (χ1n) is 21.7. The first-order valence-corrected chi connectivity index (χ1v) is 21.7. The van der Waals surface area contributed by atoms with Gasteiger partial charge in [-0.3, -0.25) is 0 Å². The van der Waals surface area contributed by atoms with E-state index in [1.165, 1.54) is 55.7 Å². The monoisotopic (exact) mass is 758 g/mol. The number of phenolic OH excluding ortho intramolecular Hbond substituents is 1. The quantitative estimate of drug-likeness (QED) is 0.106. The van der Waals surface area contributed by atoms with Crippen LogP contribution in [-0.2, 0) is 12.8 Å². The smallest absolute Gasteiger partial charge is 0.115 e. The fourth-order valence-corrected chi connectivity index (χ4v) is 8.99. The van der Waals surface area contributed by atoms with Crippen molar-refractivity contribution >= 4 is 44.4 Å². The van der Waals surface area contributed by atoms with Crippen LogP contribution in [0.15, 0.2) is 66.7 Å². The van der Waals surface area contributed by atoms with E-state index < -0.39 is 0 Å². The number of H-pyrrole nitrogens is 2. The number of phenols is 1. The zero-order chi connectivity index (χ0) is 40.2. The van der Waals surface area contributed by atoms with Gasteiger partial charge < -0.3 is 15.1 Å². The van der Waals surface area contributed by atoms with Crippen LogP contribution in [0.25, 0.3) is 66.6 Å². The van der Waals surface area contributed by atoms with Crippen LogP contribution in [0.1, 0.15) is 151 Å². The van der Waals surface area contributed by atoms with Gasteiger partial charge in [-0.2, -0.15) is 0 Å². The number of hydrogen-bond donors (Lipinski definition) is 3. The number of fused-ring (bicyclic) bond motifs is 8. The van der Waals surface area contributed by atoms with Crippen LogP contribution in [0.4, 0.5) is 0 Å². The van der Waals surface area contributed by atoms with Gasteiger partial charge in [0.2, 0.25) is 0 Å². The summed E-state index contributed by atoms with van der Waals surface area (Å²) in [6.07, 6.45) is 12.8. The van der Waals surface area contributed by atoms with Crippen LogP contribution >= 0.6 is 0 Å². The van der Waals surface area contributed by atoms with Crippen molar-refractivity contribution in [2.75, 3.05) is 0 Å². The molecule has 8 bridgehead atoms. The van der Waals surface area contributed by atoms with E-state index in [9.17, 15) is 5.11 Å². The second-order valence-electron chi connectivity index (χ2n) is 16.3. The van der Waals surface area contributed by atoms with Crippen molar-refractivity contribution in [1.29, 1.82) is 0 Å². The number of aromatic amines is 2. The van der Waals surface area contributed by atoms with E-state index in [4.69, 9.17) is 9.97 Å². The molecule has 0 unspecified atom stereocenters. The minimum absolute atomic E-state index is 0.260. The second-order valence-corrected chi connectivity index (χ2v) is 16.3. The van der Waals surface area contributed by atoms with Crippen LogP contribution in [-0.4, -0.2) is 25.0 Å². The Balaban J connectivity index is 1.75. The molecule has 3 aromatic heterocycles. The standard InChI is InChI=1S/C52H62N4O/c1-9-13-22-39-32(5)49-47(36-20-18-17-19-21-36)50-33(6)40(23-14-10-2)44(54-50)31-46-42(25-16-12-4)35(8)52(56-46)48(37-26-28-38(57)29-27-37)51-34(7)41(24-15-11-3)45(55-51)30-43(39)53-49/h17-21,26-31,53,56-57H,9-16,22-25H2,1-8H3.